The summed E-state index contributed by atoms with van der Waals surface area (Å²) >= 11 is 0. The molecule has 11 heteroatoms. The highest BCUT2D eigenvalue weighted by atomic mass is 19.3. The highest BCUT2D eigenvalue weighted by Gasteiger charge is 2.53. The van der Waals surface area contributed by atoms with Crippen molar-refractivity contribution in [2.24, 2.45) is 0 Å². The molecule has 2 aliphatic heterocycles. The summed E-state index contributed by atoms with van der Waals surface area (Å²) in [6, 6.07) is 3.25. The monoisotopic (exact) mass is 432 g/mol. The van der Waals surface area contributed by atoms with E-state index in [9.17, 15) is 13.2 Å². The third-order valence-electron chi connectivity index (χ3n) is 5.62. The molecule has 2 saturated heterocycles. The zero-order chi connectivity index (χ0) is 21.6. The van der Waals surface area contributed by atoms with E-state index in [1.807, 2.05) is 0 Å². The summed E-state index contributed by atoms with van der Waals surface area (Å²) in [6.07, 6.45) is 3.15. The van der Waals surface area contributed by atoms with Gasteiger partial charge in [0.25, 0.3) is 5.92 Å². The first-order valence-corrected chi connectivity index (χ1v) is 9.81. The lowest BCUT2D eigenvalue weighted by Gasteiger charge is -2.29. The standard InChI is InChI=1S/C20H19F3N6O2/c1-30-19-18(10-8-24-25-9-10)13(21)6-15(27-19)14-2-3-17(29-28-14)31-12-4-11-7-20(22,23)16(5-12)26-11/h2-3,6,8-9,11-12,16,26H,4-5,7H2,1H3,(H,24,25). The van der Waals surface area contributed by atoms with E-state index in [1.54, 1.807) is 12.1 Å². The van der Waals surface area contributed by atoms with Gasteiger partial charge in [0.15, 0.2) is 0 Å². The number of H-pyrrole nitrogens is 1. The van der Waals surface area contributed by atoms with Crippen molar-refractivity contribution in [3.8, 4) is 34.3 Å². The molecule has 3 aromatic heterocycles. The number of aromatic amines is 1. The Labute approximate surface area is 175 Å². The van der Waals surface area contributed by atoms with Crippen molar-refractivity contribution in [1.82, 2.24) is 30.7 Å². The maximum Gasteiger partial charge on any atom is 0.264 e. The summed E-state index contributed by atoms with van der Waals surface area (Å²) in [5, 5.41) is 17.5. The van der Waals surface area contributed by atoms with Crippen LogP contribution in [0, 0.1) is 5.82 Å². The zero-order valence-electron chi connectivity index (χ0n) is 16.5. The minimum atomic E-state index is -2.71. The highest BCUT2D eigenvalue weighted by Crippen LogP contribution is 2.40. The Morgan fingerprint density at radius 1 is 1.16 bits per heavy atom. The summed E-state index contributed by atoms with van der Waals surface area (Å²) < 4.78 is 53.5. The second-order valence-corrected chi connectivity index (χ2v) is 7.71. The molecule has 0 saturated carbocycles. The molecule has 2 bridgehead atoms. The van der Waals surface area contributed by atoms with Gasteiger partial charge < -0.3 is 14.8 Å². The van der Waals surface area contributed by atoms with E-state index < -0.39 is 17.8 Å². The van der Waals surface area contributed by atoms with Crippen LogP contribution >= 0.6 is 0 Å². The van der Waals surface area contributed by atoms with E-state index in [4.69, 9.17) is 9.47 Å². The Morgan fingerprint density at radius 2 is 2.03 bits per heavy atom. The van der Waals surface area contributed by atoms with Gasteiger partial charge in [-0.25, -0.2) is 18.2 Å². The minimum Gasteiger partial charge on any atom is -0.480 e. The van der Waals surface area contributed by atoms with Crippen LogP contribution < -0.4 is 14.8 Å². The number of pyridine rings is 1. The fraction of sp³-hybridized carbons (Fsp3) is 0.400. The number of hydrogen-bond acceptors (Lipinski definition) is 7. The predicted octanol–water partition coefficient (Wildman–Crippen LogP) is 2.98. The van der Waals surface area contributed by atoms with Gasteiger partial charge in [0.1, 0.15) is 17.6 Å². The smallest absolute Gasteiger partial charge is 0.264 e. The van der Waals surface area contributed by atoms with Gasteiger partial charge in [0.2, 0.25) is 11.8 Å². The van der Waals surface area contributed by atoms with Crippen molar-refractivity contribution < 1.29 is 22.6 Å². The second kappa shape index (κ2) is 7.49. The van der Waals surface area contributed by atoms with Gasteiger partial charge in [-0.1, -0.05) is 0 Å². The lowest BCUT2D eigenvalue weighted by molar-refractivity contribution is -0.0195. The maximum atomic E-state index is 14.8. The predicted molar refractivity (Wildman–Crippen MR) is 103 cm³/mol. The van der Waals surface area contributed by atoms with Crippen molar-refractivity contribution in [2.45, 2.75) is 43.4 Å². The molecule has 2 aliphatic rings. The number of ether oxygens (including phenoxy) is 2. The first kappa shape index (κ1) is 19.7. The molecule has 5 rings (SSSR count). The molecular weight excluding hydrogens is 413 g/mol. The summed E-state index contributed by atoms with van der Waals surface area (Å²) in [5.74, 6) is -2.95. The second-order valence-electron chi connectivity index (χ2n) is 7.71. The molecule has 2 N–H and O–H groups in total. The first-order valence-electron chi connectivity index (χ1n) is 9.81. The number of hydrogen-bond donors (Lipinski definition) is 2. The van der Waals surface area contributed by atoms with E-state index >= 15 is 0 Å². The number of aromatic nitrogens is 5. The molecule has 31 heavy (non-hydrogen) atoms. The molecule has 162 valence electrons. The zero-order valence-corrected chi connectivity index (χ0v) is 16.5. The molecule has 0 radical (unpaired) electrons. The highest BCUT2D eigenvalue weighted by molar-refractivity contribution is 5.71. The van der Waals surface area contributed by atoms with E-state index in [2.05, 4.69) is 30.7 Å². The number of alkyl halides is 2. The molecule has 0 aliphatic carbocycles. The SMILES string of the molecule is COc1nc(-c2ccc(OC3CC4CC(F)(F)C(C3)N4)nn2)cc(F)c1-c1cn[nH]c1. The number of nitrogens with zero attached hydrogens (tertiary/aromatic N) is 4. The number of rotatable bonds is 5. The van der Waals surface area contributed by atoms with Crippen LogP contribution in [0.15, 0.2) is 30.6 Å². The van der Waals surface area contributed by atoms with Crippen molar-refractivity contribution in [1.29, 1.82) is 0 Å². The molecule has 0 aromatic carbocycles. The van der Waals surface area contributed by atoms with Crippen molar-refractivity contribution in [2.75, 3.05) is 7.11 Å². The van der Waals surface area contributed by atoms with E-state index in [1.165, 1.54) is 25.6 Å². The van der Waals surface area contributed by atoms with Crippen LogP contribution in [-0.2, 0) is 0 Å². The van der Waals surface area contributed by atoms with Crippen molar-refractivity contribution in [3.63, 3.8) is 0 Å². The third-order valence-corrected chi connectivity index (χ3v) is 5.62. The van der Waals surface area contributed by atoms with Crippen LogP contribution in [0.3, 0.4) is 0 Å². The number of nitrogens with one attached hydrogen (secondary N) is 2. The molecule has 2 fully saturated rings. The lowest BCUT2D eigenvalue weighted by Crippen LogP contribution is -2.46. The van der Waals surface area contributed by atoms with Crippen LogP contribution in [0.25, 0.3) is 22.5 Å². The molecule has 0 spiro atoms. The van der Waals surface area contributed by atoms with Gasteiger partial charge in [-0.3, -0.25) is 5.10 Å². The Kier molecular flexibility index (Phi) is 4.77. The minimum absolute atomic E-state index is 0.0876. The molecular formula is C20H19F3N6O2. The van der Waals surface area contributed by atoms with Crippen LogP contribution in [-0.4, -0.2) is 56.6 Å². The van der Waals surface area contributed by atoms with E-state index in [0.29, 0.717) is 17.7 Å². The van der Waals surface area contributed by atoms with Crippen LogP contribution in [0.2, 0.25) is 0 Å². The molecule has 8 nitrogen and oxygen atoms in total. The Balaban J connectivity index is 1.34. The molecule has 3 atom stereocenters. The lowest BCUT2D eigenvalue weighted by atomic mass is 10.0. The Hall–Kier alpha value is -3.21. The summed E-state index contributed by atoms with van der Waals surface area (Å²) in [4.78, 5) is 4.33. The largest absolute Gasteiger partial charge is 0.480 e. The van der Waals surface area contributed by atoms with Gasteiger partial charge >= 0.3 is 0 Å². The topological polar surface area (TPSA) is 97.8 Å². The Bertz CT molecular complexity index is 1080. The van der Waals surface area contributed by atoms with E-state index in [-0.39, 0.29) is 48.0 Å². The fourth-order valence-electron chi connectivity index (χ4n) is 4.21. The van der Waals surface area contributed by atoms with E-state index in [0.717, 1.165) is 0 Å². The van der Waals surface area contributed by atoms with Gasteiger partial charge in [-0.15, -0.1) is 10.2 Å². The average molecular weight is 432 g/mol. The van der Waals surface area contributed by atoms with Crippen molar-refractivity contribution in [3.05, 3.63) is 36.4 Å². The normalized spacial score (nSPS) is 24.2. The molecule has 5 heterocycles. The molecule has 3 unspecified atom stereocenters. The van der Waals surface area contributed by atoms with Gasteiger partial charge in [0, 0.05) is 42.8 Å². The van der Waals surface area contributed by atoms with Gasteiger partial charge in [0.05, 0.1) is 30.6 Å². The fourth-order valence-corrected chi connectivity index (χ4v) is 4.21. The quantitative estimate of drug-likeness (QED) is 0.640. The summed E-state index contributed by atoms with van der Waals surface area (Å²) in [7, 11) is 1.40. The van der Waals surface area contributed by atoms with Crippen LogP contribution in [0.5, 0.6) is 11.8 Å². The number of methoxy groups -OCH3 is 1. The Morgan fingerprint density at radius 3 is 2.71 bits per heavy atom. The van der Waals surface area contributed by atoms with Crippen molar-refractivity contribution >= 4 is 0 Å². The number of halogens is 3. The van der Waals surface area contributed by atoms with Crippen LogP contribution in [0.1, 0.15) is 19.3 Å². The molecule has 0 amide bonds. The first-order chi connectivity index (χ1) is 14.9. The van der Waals surface area contributed by atoms with Gasteiger partial charge in [-0.2, -0.15) is 5.10 Å². The average Bonchev–Trinajstić information content (AvgIpc) is 3.34. The summed E-state index contributed by atoms with van der Waals surface area (Å²) in [5.41, 5.74) is 1.25. The maximum absolute atomic E-state index is 14.8. The van der Waals surface area contributed by atoms with Crippen LogP contribution in [0.4, 0.5) is 13.2 Å². The third kappa shape index (κ3) is 3.69. The number of fused-ring (bicyclic) bond motifs is 2. The van der Waals surface area contributed by atoms with Gasteiger partial charge in [-0.05, 0) is 12.5 Å². The molecule has 3 aromatic rings. The summed E-state index contributed by atoms with van der Waals surface area (Å²) in [6.45, 7) is 0. The number of piperidine rings is 1.